The minimum Gasteiger partial charge on any atom is -0.504 e. The summed E-state index contributed by atoms with van der Waals surface area (Å²) in [6.07, 6.45) is -0.713. The molecule has 3 atom stereocenters. The highest BCUT2D eigenvalue weighted by Gasteiger charge is 2.24. The fraction of sp³-hybridized carbons (Fsp3) is 0.357. The second-order valence-corrected chi connectivity index (χ2v) is 5.85. The van der Waals surface area contributed by atoms with Crippen molar-refractivity contribution in [1.29, 1.82) is 0 Å². The maximum Gasteiger partial charge on any atom is 0.357 e. The largest absolute Gasteiger partial charge is 0.504 e. The second kappa shape index (κ2) is 9.70. The Morgan fingerprint density at radius 1 is 1.27 bits per heavy atom. The van der Waals surface area contributed by atoms with Gasteiger partial charge in [0.1, 0.15) is 6.04 Å². The molecule has 1 unspecified atom stereocenters. The maximum absolute atomic E-state index is 11.9. The molecule has 11 nitrogen and oxygen atoms in total. The number of hydrogen-bond donors (Lipinski definition) is 6. The Bertz CT molecular complexity index is 710. The van der Waals surface area contributed by atoms with Crippen molar-refractivity contribution in [2.45, 2.75) is 31.3 Å². The minimum atomic E-state index is -2.64. The molecule has 0 bridgehead atoms. The number of benzene rings is 1. The highest BCUT2D eigenvalue weighted by atomic mass is 32.2. The molecule has 1 aromatic rings. The fourth-order valence-electron chi connectivity index (χ4n) is 1.96. The van der Waals surface area contributed by atoms with Crippen molar-refractivity contribution in [2.24, 2.45) is 5.73 Å². The molecule has 1 rings (SSSR count). The molecule has 0 radical (unpaired) electrons. The molecule has 0 spiro atoms. The summed E-state index contributed by atoms with van der Waals surface area (Å²) in [6, 6.07) is 1.06. The number of carboxylic acids is 2. The number of carbonyl (C=O) groups excluding carboxylic acids is 1. The van der Waals surface area contributed by atoms with Gasteiger partial charge in [-0.25, -0.2) is 4.79 Å². The van der Waals surface area contributed by atoms with Crippen molar-refractivity contribution >= 4 is 29.2 Å². The maximum atomic E-state index is 11.9. The normalized spacial score (nSPS) is 14.1. The number of phenols is 1. The SMILES string of the molecule is N[C@@H](CCC(=O)O)C(=O)N[C@@H](Cc1ccc(OS(=O)O)c(O)c1)C(=O)O. The summed E-state index contributed by atoms with van der Waals surface area (Å²) in [4.78, 5) is 33.7. The topological polar surface area (TPSA) is 196 Å². The average Bonchev–Trinajstić information content (AvgIpc) is 2.53. The first-order valence-corrected chi connectivity index (χ1v) is 8.25. The molecule has 0 fully saturated rings. The molecule has 7 N–H and O–H groups in total. The Balaban J connectivity index is 2.78. The lowest BCUT2D eigenvalue weighted by Gasteiger charge is -2.18. The van der Waals surface area contributed by atoms with Crippen LogP contribution >= 0.6 is 0 Å². The molecule has 144 valence electrons. The van der Waals surface area contributed by atoms with Gasteiger partial charge in [-0.3, -0.25) is 14.1 Å². The van der Waals surface area contributed by atoms with E-state index in [2.05, 4.69) is 9.50 Å². The molecule has 0 aromatic heterocycles. The van der Waals surface area contributed by atoms with E-state index in [0.29, 0.717) is 5.56 Å². The van der Waals surface area contributed by atoms with Crippen LogP contribution in [-0.2, 0) is 32.2 Å². The molecule has 0 aliphatic heterocycles. The van der Waals surface area contributed by atoms with Crippen molar-refractivity contribution in [2.75, 3.05) is 0 Å². The van der Waals surface area contributed by atoms with Gasteiger partial charge in [-0.1, -0.05) is 6.07 Å². The van der Waals surface area contributed by atoms with Crippen LogP contribution in [0, 0.1) is 0 Å². The predicted molar refractivity (Wildman–Crippen MR) is 87.6 cm³/mol. The molecule has 0 saturated carbocycles. The number of nitrogens with one attached hydrogen (secondary N) is 1. The summed E-state index contributed by atoms with van der Waals surface area (Å²) < 4.78 is 23.6. The van der Waals surface area contributed by atoms with Crippen molar-refractivity contribution in [3.05, 3.63) is 23.8 Å². The van der Waals surface area contributed by atoms with E-state index in [1.807, 2.05) is 0 Å². The van der Waals surface area contributed by atoms with Crippen LogP contribution in [-0.4, -0.2) is 54.0 Å². The molecular weight excluding hydrogens is 372 g/mol. The van der Waals surface area contributed by atoms with Crippen molar-refractivity contribution < 1.29 is 42.6 Å². The first kappa shape index (κ1) is 21.3. The van der Waals surface area contributed by atoms with Gasteiger partial charge in [0.15, 0.2) is 11.5 Å². The van der Waals surface area contributed by atoms with Gasteiger partial charge in [-0.15, -0.1) is 0 Å². The highest BCUT2D eigenvalue weighted by molar-refractivity contribution is 7.74. The Kier molecular flexibility index (Phi) is 7.96. The number of hydrogen-bond acceptors (Lipinski definition) is 7. The van der Waals surface area contributed by atoms with Crippen LogP contribution in [0.15, 0.2) is 18.2 Å². The third-order valence-corrected chi connectivity index (χ3v) is 3.57. The second-order valence-electron chi connectivity index (χ2n) is 5.24. The number of rotatable bonds is 10. The molecule has 0 heterocycles. The van der Waals surface area contributed by atoms with Gasteiger partial charge in [0.2, 0.25) is 5.91 Å². The molecule has 1 amide bonds. The van der Waals surface area contributed by atoms with Crippen molar-refractivity contribution in [3.63, 3.8) is 0 Å². The van der Waals surface area contributed by atoms with Gasteiger partial charge < -0.3 is 30.6 Å². The summed E-state index contributed by atoms with van der Waals surface area (Å²) in [6.45, 7) is 0. The van der Waals surface area contributed by atoms with E-state index in [4.69, 9.17) is 15.4 Å². The Morgan fingerprint density at radius 2 is 1.92 bits per heavy atom. The molecule has 26 heavy (non-hydrogen) atoms. The Hall–Kier alpha value is -2.70. The zero-order chi connectivity index (χ0) is 19.9. The number of aromatic hydroxyl groups is 1. The molecule has 0 saturated heterocycles. The molecular formula is C14H18N2O9S. The lowest BCUT2D eigenvalue weighted by atomic mass is 10.0. The summed E-state index contributed by atoms with van der Waals surface area (Å²) >= 11 is -2.64. The van der Waals surface area contributed by atoms with E-state index in [1.165, 1.54) is 6.07 Å². The molecule has 12 heteroatoms. The summed E-state index contributed by atoms with van der Waals surface area (Å²) in [5, 5.41) is 29.7. The van der Waals surface area contributed by atoms with E-state index in [-0.39, 0.29) is 25.0 Å². The van der Waals surface area contributed by atoms with Crippen LogP contribution in [0.4, 0.5) is 0 Å². The van der Waals surface area contributed by atoms with E-state index in [0.717, 1.165) is 12.1 Å². The number of carboxylic acid groups (broad SMARTS) is 2. The summed E-state index contributed by atoms with van der Waals surface area (Å²) in [5.74, 6) is -4.08. The van der Waals surface area contributed by atoms with Gasteiger partial charge in [0.25, 0.3) is 0 Å². The third-order valence-electron chi connectivity index (χ3n) is 3.24. The van der Waals surface area contributed by atoms with Crippen molar-refractivity contribution in [3.8, 4) is 11.5 Å². The number of carbonyl (C=O) groups is 3. The van der Waals surface area contributed by atoms with E-state index >= 15 is 0 Å². The third kappa shape index (κ3) is 7.04. The first-order chi connectivity index (χ1) is 12.1. The van der Waals surface area contributed by atoms with Gasteiger partial charge >= 0.3 is 23.3 Å². The van der Waals surface area contributed by atoms with E-state index < -0.39 is 47.0 Å². The van der Waals surface area contributed by atoms with Crippen LogP contribution in [0.25, 0.3) is 0 Å². The summed E-state index contributed by atoms with van der Waals surface area (Å²) in [7, 11) is 0. The van der Waals surface area contributed by atoms with Gasteiger partial charge in [0, 0.05) is 12.8 Å². The van der Waals surface area contributed by atoms with Crippen LogP contribution in [0.5, 0.6) is 11.5 Å². The number of aliphatic carboxylic acids is 2. The van der Waals surface area contributed by atoms with Crippen LogP contribution in [0.2, 0.25) is 0 Å². The quantitative estimate of drug-likeness (QED) is 0.275. The molecule has 1 aromatic carbocycles. The molecule has 0 aliphatic rings. The number of nitrogens with two attached hydrogens (primary N) is 1. The number of phenolic OH excluding ortho intramolecular Hbond substituents is 1. The average molecular weight is 390 g/mol. The van der Waals surface area contributed by atoms with Crippen LogP contribution in [0.3, 0.4) is 0 Å². The lowest BCUT2D eigenvalue weighted by Crippen LogP contribution is -2.49. The van der Waals surface area contributed by atoms with E-state index in [1.54, 1.807) is 0 Å². The monoisotopic (exact) mass is 390 g/mol. The highest BCUT2D eigenvalue weighted by Crippen LogP contribution is 2.27. The van der Waals surface area contributed by atoms with Crippen LogP contribution < -0.4 is 15.2 Å². The summed E-state index contributed by atoms with van der Waals surface area (Å²) in [5.41, 5.74) is 5.82. The predicted octanol–water partition coefficient (Wildman–Crippen LogP) is -0.788. The first-order valence-electron chi connectivity index (χ1n) is 7.21. The zero-order valence-corrected chi connectivity index (χ0v) is 14.1. The van der Waals surface area contributed by atoms with Gasteiger partial charge in [-0.05, 0) is 24.1 Å². The minimum absolute atomic E-state index is 0.154. The smallest absolute Gasteiger partial charge is 0.357 e. The lowest BCUT2D eigenvalue weighted by molar-refractivity contribution is -0.142. The standard InChI is InChI=1S/C14H18N2O9S/c15-8(2-4-12(18)19)13(20)16-9(14(21)22)5-7-1-3-11(10(17)6-7)25-26(23)24/h1,3,6,8-9,17H,2,4-5,15H2,(H,16,20)(H,18,19)(H,21,22)(H,23,24)/t8-,9-/m0/s1. The molecule has 0 aliphatic carbocycles. The number of amides is 1. The Morgan fingerprint density at radius 3 is 2.42 bits per heavy atom. The Labute approximate surface area is 150 Å². The fourth-order valence-corrected chi connectivity index (χ4v) is 2.26. The van der Waals surface area contributed by atoms with Gasteiger partial charge in [-0.2, -0.15) is 4.21 Å². The van der Waals surface area contributed by atoms with Crippen LogP contribution in [0.1, 0.15) is 18.4 Å². The zero-order valence-electron chi connectivity index (χ0n) is 13.3. The van der Waals surface area contributed by atoms with E-state index in [9.17, 15) is 28.8 Å². The van der Waals surface area contributed by atoms with Crippen molar-refractivity contribution in [1.82, 2.24) is 5.32 Å². The van der Waals surface area contributed by atoms with Gasteiger partial charge in [0.05, 0.1) is 6.04 Å².